The number of hydrogen-bond donors (Lipinski definition) is 1. The van der Waals surface area contributed by atoms with Crippen LogP contribution in [0.4, 0.5) is 11.4 Å². The van der Waals surface area contributed by atoms with Gasteiger partial charge in [-0.2, -0.15) is 0 Å². The molecule has 0 aliphatic rings. The van der Waals surface area contributed by atoms with E-state index in [-0.39, 0.29) is 0 Å². The van der Waals surface area contributed by atoms with Crippen LogP contribution in [0, 0.1) is 0 Å². The highest BCUT2D eigenvalue weighted by atomic mass is 16.3. The summed E-state index contributed by atoms with van der Waals surface area (Å²) in [6.07, 6.45) is 0. The average Bonchev–Trinajstić information content (AvgIpc) is 3.51. The molecular formula is C34H22N2O. The molecule has 0 bridgehead atoms. The molecule has 0 aliphatic carbocycles. The fourth-order valence-corrected chi connectivity index (χ4v) is 5.72. The highest BCUT2D eigenvalue weighted by Crippen LogP contribution is 2.40. The lowest BCUT2D eigenvalue weighted by atomic mass is 10.0. The quantitative estimate of drug-likeness (QED) is 0.276. The second-order valence-corrected chi connectivity index (χ2v) is 9.49. The molecule has 0 aliphatic heterocycles. The molecule has 0 fully saturated rings. The SMILES string of the molecule is c1ccc2c(c1)cc(Nc1ccc(-n3c4ccccc4c4ccccc43)cc1)c1oc3ccccc3c12. The van der Waals surface area contributed by atoms with Crippen LogP contribution in [0.15, 0.2) is 132 Å². The number of fused-ring (bicyclic) bond motifs is 8. The van der Waals surface area contributed by atoms with Gasteiger partial charge in [0.05, 0.1) is 16.7 Å². The normalized spacial score (nSPS) is 11.8. The summed E-state index contributed by atoms with van der Waals surface area (Å²) in [6, 6.07) is 44.8. The molecule has 0 atom stereocenters. The standard InChI is InChI=1S/C34H22N2O/c1-2-10-25-22(9-1)21-29(34-33(25)28-13-5-8-16-32(28)37-34)35-23-17-19-24(20-18-23)36-30-14-6-3-11-26(30)27-12-4-7-15-31(27)36/h1-21,35H. The number of hydrogen-bond acceptors (Lipinski definition) is 2. The molecule has 8 aromatic rings. The summed E-state index contributed by atoms with van der Waals surface area (Å²) in [6.45, 7) is 0. The molecule has 0 radical (unpaired) electrons. The minimum Gasteiger partial charge on any atom is -0.454 e. The molecule has 1 N–H and O–H groups in total. The van der Waals surface area contributed by atoms with Gasteiger partial charge in [-0.05, 0) is 59.3 Å². The third-order valence-corrected chi connectivity index (χ3v) is 7.35. The van der Waals surface area contributed by atoms with E-state index in [2.05, 4.69) is 125 Å². The summed E-state index contributed by atoms with van der Waals surface area (Å²) in [5, 5.41) is 10.9. The van der Waals surface area contributed by atoms with Crippen molar-refractivity contribution >= 4 is 65.9 Å². The molecule has 0 saturated carbocycles. The second kappa shape index (κ2) is 7.74. The molecule has 0 unspecified atom stereocenters. The minimum absolute atomic E-state index is 0.881. The lowest BCUT2D eigenvalue weighted by Gasteiger charge is -2.12. The van der Waals surface area contributed by atoms with Gasteiger partial charge < -0.3 is 14.3 Å². The number of anilines is 2. The Morgan fingerprint density at radius 1 is 0.541 bits per heavy atom. The Labute approximate surface area is 213 Å². The number of furan rings is 1. The first-order valence-corrected chi connectivity index (χ1v) is 12.5. The van der Waals surface area contributed by atoms with Crippen molar-refractivity contribution in [1.82, 2.24) is 4.57 Å². The molecule has 3 heteroatoms. The van der Waals surface area contributed by atoms with Crippen LogP contribution in [-0.2, 0) is 0 Å². The summed E-state index contributed by atoms with van der Waals surface area (Å²) in [4.78, 5) is 0. The zero-order chi connectivity index (χ0) is 24.3. The predicted molar refractivity (Wildman–Crippen MR) is 155 cm³/mol. The third-order valence-electron chi connectivity index (χ3n) is 7.35. The Morgan fingerprint density at radius 3 is 1.86 bits per heavy atom. The molecule has 6 aromatic carbocycles. The van der Waals surface area contributed by atoms with Crippen molar-refractivity contribution in [3.05, 3.63) is 127 Å². The van der Waals surface area contributed by atoms with Gasteiger partial charge in [-0.1, -0.05) is 78.9 Å². The number of para-hydroxylation sites is 3. The van der Waals surface area contributed by atoms with E-state index in [4.69, 9.17) is 4.42 Å². The van der Waals surface area contributed by atoms with Gasteiger partial charge in [-0.15, -0.1) is 0 Å². The van der Waals surface area contributed by atoms with Crippen LogP contribution in [-0.4, -0.2) is 4.57 Å². The van der Waals surface area contributed by atoms with Crippen LogP contribution in [0.3, 0.4) is 0 Å². The summed E-state index contributed by atoms with van der Waals surface area (Å²) < 4.78 is 8.71. The van der Waals surface area contributed by atoms with E-state index in [1.54, 1.807) is 0 Å². The van der Waals surface area contributed by atoms with Gasteiger partial charge in [-0.25, -0.2) is 0 Å². The Balaban J connectivity index is 1.26. The van der Waals surface area contributed by atoms with Crippen molar-refractivity contribution in [2.45, 2.75) is 0 Å². The van der Waals surface area contributed by atoms with Gasteiger partial charge in [0.1, 0.15) is 5.58 Å². The first-order valence-electron chi connectivity index (χ1n) is 12.5. The fraction of sp³-hybridized carbons (Fsp3) is 0. The first kappa shape index (κ1) is 20.2. The maximum atomic E-state index is 6.38. The Morgan fingerprint density at radius 2 is 1.14 bits per heavy atom. The van der Waals surface area contributed by atoms with E-state index in [0.717, 1.165) is 39.0 Å². The van der Waals surface area contributed by atoms with E-state index in [1.807, 2.05) is 12.1 Å². The summed E-state index contributed by atoms with van der Waals surface area (Å²) >= 11 is 0. The van der Waals surface area contributed by atoms with Crippen LogP contribution in [0.1, 0.15) is 0 Å². The molecule has 8 rings (SSSR count). The van der Waals surface area contributed by atoms with Crippen molar-refractivity contribution in [2.75, 3.05) is 5.32 Å². The van der Waals surface area contributed by atoms with Crippen LogP contribution < -0.4 is 5.32 Å². The predicted octanol–water partition coefficient (Wildman–Crippen LogP) is 9.58. The third kappa shape index (κ3) is 3.01. The maximum absolute atomic E-state index is 6.38. The first-order chi connectivity index (χ1) is 18.3. The molecule has 0 amide bonds. The smallest absolute Gasteiger partial charge is 0.159 e. The summed E-state index contributed by atoms with van der Waals surface area (Å²) in [5.74, 6) is 0. The van der Waals surface area contributed by atoms with Crippen molar-refractivity contribution in [1.29, 1.82) is 0 Å². The van der Waals surface area contributed by atoms with Crippen molar-refractivity contribution in [3.8, 4) is 5.69 Å². The summed E-state index contributed by atoms with van der Waals surface area (Å²) in [7, 11) is 0. The van der Waals surface area contributed by atoms with Crippen LogP contribution >= 0.6 is 0 Å². The molecule has 2 aromatic heterocycles. The molecule has 0 spiro atoms. The molecule has 174 valence electrons. The molecule has 2 heterocycles. The highest BCUT2D eigenvalue weighted by Gasteiger charge is 2.15. The van der Waals surface area contributed by atoms with Gasteiger partial charge in [0.2, 0.25) is 0 Å². The zero-order valence-corrected chi connectivity index (χ0v) is 20.0. The topological polar surface area (TPSA) is 30.1 Å². The number of rotatable bonds is 3. The van der Waals surface area contributed by atoms with Crippen LogP contribution in [0.25, 0.3) is 60.2 Å². The molecule has 37 heavy (non-hydrogen) atoms. The van der Waals surface area contributed by atoms with Crippen LogP contribution in [0.2, 0.25) is 0 Å². The Hall–Kier alpha value is -5.02. The molecule has 3 nitrogen and oxygen atoms in total. The van der Waals surface area contributed by atoms with Gasteiger partial charge in [0, 0.05) is 32.9 Å². The van der Waals surface area contributed by atoms with Gasteiger partial charge in [-0.3, -0.25) is 0 Å². The maximum Gasteiger partial charge on any atom is 0.159 e. The van der Waals surface area contributed by atoms with E-state index < -0.39 is 0 Å². The van der Waals surface area contributed by atoms with Crippen molar-refractivity contribution in [2.24, 2.45) is 0 Å². The van der Waals surface area contributed by atoms with Crippen molar-refractivity contribution in [3.63, 3.8) is 0 Å². The molecule has 0 saturated heterocycles. The Kier molecular flexibility index (Phi) is 4.23. The number of nitrogens with one attached hydrogen (secondary N) is 1. The van der Waals surface area contributed by atoms with E-state index in [1.165, 1.54) is 32.6 Å². The minimum atomic E-state index is 0.881. The number of aromatic nitrogens is 1. The number of nitrogens with zero attached hydrogens (tertiary/aromatic N) is 1. The second-order valence-electron chi connectivity index (χ2n) is 9.49. The van der Waals surface area contributed by atoms with E-state index in [9.17, 15) is 0 Å². The lowest BCUT2D eigenvalue weighted by molar-refractivity contribution is 0.670. The largest absolute Gasteiger partial charge is 0.454 e. The molecular weight excluding hydrogens is 452 g/mol. The average molecular weight is 475 g/mol. The monoisotopic (exact) mass is 474 g/mol. The van der Waals surface area contributed by atoms with Gasteiger partial charge in [0.15, 0.2) is 5.58 Å². The van der Waals surface area contributed by atoms with Crippen LogP contribution in [0.5, 0.6) is 0 Å². The lowest BCUT2D eigenvalue weighted by Crippen LogP contribution is -1.95. The van der Waals surface area contributed by atoms with E-state index >= 15 is 0 Å². The highest BCUT2D eigenvalue weighted by molar-refractivity contribution is 6.22. The van der Waals surface area contributed by atoms with Gasteiger partial charge >= 0.3 is 0 Å². The van der Waals surface area contributed by atoms with Crippen molar-refractivity contribution < 1.29 is 4.42 Å². The van der Waals surface area contributed by atoms with E-state index in [0.29, 0.717) is 0 Å². The zero-order valence-electron chi connectivity index (χ0n) is 20.0. The van der Waals surface area contributed by atoms with Gasteiger partial charge in [0.25, 0.3) is 0 Å². The Bertz CT molecular complexity index is 2060. The number of benzene rings is 6. The summed E-state index contributed by atoms with van der Waals surface area (Å²) in [5.41, 5.74) is 7.32. The fourth-order valence-electron chi connectivity index (χ4n) is 5.72.